The number of hydrogen-bond donors (Lipinski definition) is 2. The summed E-state index contributed by atoms with van der Waals surface area (Å²) in [6, 6.07) is 15.4. The number of aliphatic hydroxyl groups excluding tert-OH is 1. The van der Waals surface area contributed by atoms with Crippen molar-refractivity contribution in [2.45, 2.75) is 12.0 Å². The van der Waals surface area contributed by atoms with Crippen molar-refractivity contribution >= 4 is 23.1 Å². The zero-order valence-electron chi connectivity index (χ0n) is 13.1. The SMILES string of the molecule is CN1C(=O)[C@](O)(CC(=O)/C=C(\O)c2ccccc2)c2ccccc21. The Kier molecular flexibility index (Phi) is 3.95. The average molecular weight is 323 g/mol. The number of likely N-dealkylation sites (N-methyl/N-ethyl adjacent to an activating group) is 1. The molecule has 1 heterocycles. The zero-order valence-corrected chi connectivity index (χ0v) is 13.1. The minimum atomic E-state index is -1.91. The van der Waals surface area contributed by atoms with Crippen molar-refractivity contribution in [3.8, 4) is 0 Å². The maximum absolute atomic E-state index is 12.4. The van der Waals surface area contributed by atoms with Crippen LogP contribution >= 0.6 is 0 Å². The zero-order chi connectivity index (χ0) is 17.3. The van der Waals surface area contributed by atoms with Crippen molar-refractivity contribution in [2.24, 2.45) is 0 Å². The maximum Gasteiger partial charge on any atom is 0.263 e. The second kappa shape index (κ2) is 5.94. The van der Waals surface area contributed by atoms with E-state index in [0.717, 1.165) is 6.08 Å². The number of carbonyl (C=O) groups excluding carboxylic acids is 2. The molecule has 0 unspecified atom stereocenters. The number of aliphatic hydroxyl groups is 2. The first-order valence-corrected chi connectivity index (χ1v) is 7.52. The van der Waals surface area contributed by atoms with Crippen LogP contribution in [0.5, 0.6) is 0 Å². The lowest BCUT2D eigenvalue weighted by Gasteiger charge is -2.20. The molecule has 0 saturated heterocycles. The van der Waals surface area contributed by atoms with Gasteiger partial charge in [0, 0.05) is 24.3 Å². The van der Waals surface area contributed by atoms with E-state index in [9.17, 15) is 19.8 Å². The van der Waals surface area contributed by atoms with Gasteiger partial charge < -0.3 is 15.1 Å². The monoisotopic (exact) mass is 323 g/mol. The number of ketones is 1. The molecule has 2 aromatic carbocycles. The molecule has 0 saturated carbocycles. The number of rotatable bonds is 4. The van der Waals surface area contributed by atoms with Gasteiger partial charge in [-0.1, -0.05) is 48.5 Å². The third-order valence-electron chi connectivity index (χ3n) is 4.17. The first-order valence-electron chi connectivity index (χ1n) is 7.52. The second-order valence-electron chi connectivity index (χ2n) is 5.78. The van der Waals surface area contributed by atoms with E-state index < -0.39 is 23.7 Å². The van der Waals surface area contributed by atoms with E-state index in [2.05, 4.69) is 0 Å². The lowest BCUT2D eigenvalue weighted by atomic mass is 9.89. The van der Waals surface area contributed by atoms with Crippen molar-refractivity contribution in [1.29, 1.82) is 0 Å². The number of amides is 1. The molecule has 2 N–H and O–H groups in total. The number of hydrogen-bond acceptors (Lipinski definition) is 4. The Labute approximate surface area is 139 Å². The Morgan fingerprint density at radius 1 is 1.12 bits per heavy atom. The molecule has 3 rings (SSSR count). The standard InChI is InChI=1S/C19H17NO4/c1-20-16-10-6-5-9-15(16)19(24,18(20)23)12-14(21)11-17(22)13-7-3-2-4-8-13/h2-11,22,24H,12H2,1H3/b17-11-/t19-/m0/s1. The summed E-state index contributed by atoms with van der Waals surface area (Å²) in [5, 5.41) is 20.8. The number of allylic oxidation sites excluding steroid dienone is 1. The predicted molar refractivity (Wildman–Crippen MR) is 90.4 cm³/mol. The average Bonchev–Trinajstić information content (AvgIpc) is 2.78. The van der Waals surface area contributed by atoms with Crippen molar-refractivity contribution in [1.82, 2.24) is 0 Å². The van der Waals surface area contributed by atoms with Crippen LogP contribution in [0.4, 0.5) is 5.69 Å². The summed E-state index contributed by atoms with van der Waals surface area (Å²) >= 11 is 0. The van der Waals surface area contributed by atoms with Gasteiger partial charge in [-0.3, -0.25) is 9.59 Å². The first kappa shape index (κ1) is 16.0. The molecule has 0 aliphatic carbocycles. The molecule has 1 amide bonds. The normalized spacial score (nSPS) is 20.2. The van der Waals surface area contributed by atoms with Gasteiger partial charge in [-0.2, -0.15) is 0 Å². The summed E-state index contributed by atoms with van der Waals surface area (Å²) < 4.78 is 0. The van der Waals surface area contributed by atoms with Gasteiger partial charge in [-0.15, -0.1) is 0 Å². The maximum atomic E-state index is 12.4. The molecule has 1 aliphatic heterocycles. The van der Waals surface area contributed by atoms with Crippen molar-refractivity contribution in [3.63, 3.8) is 0 Å². The van der Waals surface area contributed by atoms with Gasteiger partial charge in [0.2, 0.25) is 0 Å². The second-order valence-corrected chi connectivity index (χ2v) is 5.78. The van der Waals surface area contributed by atoms with E-state index in [1.807, 2.05) is 0 Å². The van der Waals surface area contributed by atoms with Gasteiger partial charge >= 0.3 is 0 Å². The molecular weight excluding hydrogens is 306 g/mol. The summed E-state index contributed by atoms with van der Waals surface area (Å²) in [5.41, 5.74) is -0.434. The third kappa shape index (κ3) is 2.59. The highest BCUT2D eigenvalue weighted by atomic mass is 16.3. The Morgan fingerprint density at radius 3 is 2.46 bits per heavy atom. The van der Waals surface area contributed by atoms with Crippen LogP contribution in [0.3, 0.4) is 0 Å². The number of nitrogens with zero attached hydrogens (tertiary/aromatic N) is 1. The van der Waals surface area contributed by atoms with Crippen LogP contribution < -0.4 is 4.90 Å². The Morgan fingerprint density at radius 2 is 1.75 bits per heavy atom. The molecule has 5 heteroatoms. The summed E-state index contributed by atoms with van der Waals surface area (Å²) in [5.74, 6) is -1.28. The van der Waals surface area contributed by atoms with Gasteiger partial charge in [-0.05, 0) is 6.07 Å². The molecular formula is C19H17NO4. The lowest BCUT2D eigenvalue weighted by Crippen LogP contribution is -2.40. The van der Waals surface area contributed by atoms with E-state index >= 15 is 0 Å². The van der Waals surface area contributed by atoms with Crippen LogP contribution in [0, 0.1) is 0 Å². The van der Waals surface area contributed by atoms with Crippen LogP contribution in [0.25, 0.3) is 5.76 Å². The molecule has 2 aromatic rings. The fraction of sp³-hybridized carbons (Fsp3) is 0.158. The molecule has 1 atom stereocenters. The number of anilines is 1. The van der Waals surface area contributed by atoms with Crippen LogP contribution in [0.1, 0.15) is 17.5 Å². The molecule has 1 aliphatic rings. The predicted octanol–water partition coefficient (Wildman–Crippen LogP) is 2.41. The Hall–Kier alpha value is -2.92. The molecule has 0 fully saturated rings. The molecule has 122 valence electrons. The molecule has 5 nitrogen and oxygen atoms in total. The highest BCUT2D eigenvalue weighted by Crippen LogP contribution is 2.41. The van der Waals surface area contributed by atoms with Crippen molar-refractivity contribution in [2.75, 3.05) is 11.9 Å². The fourth-order valence-corrected chi connectivity index (χ4v) is 2.94. The van der Waals surface area contributed by atoms with Crippen LogP contribution in [0.15, 0.2) is 60.7 Å². The van der Waals surface area contributed by atoms with E-state index in [1.165, 1.54) is 4.90 Å². The molecule has 24 heavy (non-hydrogen) atoms. The molecule has 0 aromatic heterocycles. The number of fused-ring (bicyclic) bond motifs is 1. The van der Waals surface area contributed by atoms with E-state index in [1.54, 1.807) is 61.6 Å². The highest BCUT2D eigenvalue weighted by Gasteiger charge is 2.49. The quantitative estimate of drug-likeness (QED) is 0.669. The smallest absolute Gasteiger partial charge is 0.263 e. The molecule has 0 spiro atoms. The van der Waals surface area contributed by atoms with Crippen molar-refractivity contribution < 1.29 is 19.8 Å². The van der Waals surface area contributed by atoms with Crippen LogP contribution in [-0.4, -0.2) is 29.0 Å². The topological polar surface area (TPSA) is 77.8 Å². The first-order chi connectivity index (χ1) is 11.4. The Bertz CT molecular complexity index is 828. The van der Waals surface area contributed by atoms with Crippen molar-refractivity contribution in [3.05, 3.63) is 71.8 Å². The summed E-state index contributed by atoms with van der Waals surface area (Å²) in [4.78, 5) is 26.0. The minimum Gasteiger partial charge on any atom is -0.507 e. The highest BCUT2D eigenvalue weighted by molar-refractivity contribution is 6.10. The summed E-state index contributed by atoms with van der Waals surface area (Å²) in [6.07, 6.45) is 0.617. The number of carbonyl (C=O) groups is 2. The summed E-state index contributed by atoms with van der Waals surface area (Å²) in [6.45, 7) is 0. The van der Waals surface area contributed by atoms with Gasteiger partial charge in [0.15, 0.2) is 11.4 Å². The minimum absolute atomic E-state index is 0.198. The number of benzene rings is 2. The van der Waals surface area contributed by atoms with E-state index in [0.29, 0.717) is 16.8 Å². The molecule has 0 radical (unpaired) electrons. The van der Waals surface area contributed by atoms with Gasteiger partial charge in [-0.25, -0.2) is 0 Å². The summed E-state index contributed by atoms with van der Waals surface area (Å²) in [7, 11) is 1.56. The van der Waals surface area contributed by atoms with E-state index in [4.69, 9.17) is 0 Å². The molecule has 0 bridgehead atoms. The van der Waals surface area contributed by atoms with Crippen LogP contribution in [0.2, 0.25) is 0 Å². The van der Waals surface area contributed by atoms with Gasteiger partial charge in [0.1, 0.15) is 5.76 Å². The fourth-order valence-electron chi connectivity index (χ4n) is 2.94. The largest absolute Gasteiger partial charge is 0.507 e. The third-order valence-corrected chi connectivity index (χ3v) is 4.17. The van der Waals surface area contributed by atoms with E-state index in [-0.39, 0.29) is 5.76 Å². The van der Waals surface area contributed by atoms with Gasteiger partial charge in [0.25, 0.3) is 5.91 Å². The van der Waals surface area contributed by atoms with Crippen LogP contribution in [-0.2, 0) is 15.2 Å². The number of para-hydroxylation sites is 1. The van der Waals surface area contributed by atoms with Gasteiger partial charge in [0.05, 0.1) is 12.1 Å². The lowest BCUT2D eigenvalue weighted by molar-refractivity contribution is -0.140. The Balaban J connectivity index is 1.88.